The van der Waals surface area contributed by atoms with E-state index in [1.807, 2.05) is 13.8 Å². The van der Waals surface area contributed by atoms with Crippen LogP contribution in [-0.4, -0.2) is 45.1 Å². The summed E-state index contributed by atoms with van der Waals surface area (Å²) < 4.78 is 18.7. The maximum absolute atomic E-state index is 13.0. The second-order valence-corrected chi connectivity index (χ2v) is 6.02. The predicted molar refractivity (Wildman–Crippen MR) is 89.2 cm³/mol. The van der Waals surface area contributed by atoms with E-state index in [0.29, 0.717) is 24.0 Å². The summed E-state index contributed by atoms with van der Waals surface area (Å²) in [6, 6.07) is 5.95. The molecule has 1 aliphatic heterocycles. The predicted octanol–water partition coefficient (Wildman–Crippen LogP) is 1.95. The molecule has 3 N–H and O–H groups in total. The van der Waals surface area contributed by atoms with E-state index >= 15 is 0 Å². The normalized spacial score (nSPS) is 21.6. The molecule has 2 atom stereocenters. The van der Waals surface area contributed by atoms with Crippen molar-refractivity contribution in [3.63, 3.8) is 0 Å². The molecule has 1 saturated heterocycles. The van der Waals surface area contributed by atoms with Gasteiger partial charge in [0.15, 0.2) is 0 Å². The zero-order valence-electron chi connectivity index (χ0n) is 13.7. The molecule has 128 valence electrons. The number of nitrogen functional groups attached to an aromatic ring is 1. The Morgan fingerprint density at radius 1 is 1.17 bits per heavy atom. The van der Waals surface area contributed by atoms with E-state index in [4.69, 9.17) is 10.5 Å². The Bertz CT molecular complexity index is 685. The van der Waals surface area contributed by atoms with Gasteiger partial charge in [-0.05, 0) is 38.1 Å². The number of aromatic nitrogens is 3. The number of ether oxygens (including phenoxy) is 1. The SMILES string of the molecule is C[C@H]1CN(Cc2nc(N)nc(Nc3ccc(F)cc3)n2)C[C@H](C)O1. The minimum Gasteiger partial charge on any atom is -0.373 e. The van der Waals surface area contributed by atoms with Gasteiger partial charge in [-0.3, -0.25) is 4.90 Å². The van der Waals surface area contributed by atoms with E-state index < -0.39 is 0 Å². The number of rotatable bonds is 4. The number of anilines is 3. The van der Waals surface area contributed by atoms with Gasteiger partial charge in [-0.2, -0.15) is 15.0 Å². The summed E-state index contributed by atoms with van der Waals surface area (Å²) in [4.78, 5) is 14.9. The maximum atomic E-state index is 13.0. The largest absolute Gasteiger partial charge is 0.373 e. The molecule has 0 saturated carbocycles. The highest BCUT2D eigenvalue weighted by Gasteiger charge is 2.23. The summed E-state index contributed by atoms with van der Waals surface area (Å²) in [6.45, 7) is 6.30. The van der Waals surface area contributed by atoms with E-state index in [2.05, 4.69) is 25.2 Å². The fourth-order valence-electron chi connectivity index (χ4n) is 2.84. The topological polar surface area (TPSA) is 89.2 Å². The molecule has 8 heteroatoms. The van der Waals surface area contributed by atoms with E-state index in [-0.39, 0.29) is 24.0 Å². The van der Waals surface area contributed by atoms with Crippen LogP contribution in [-0.2, 0) is 11.3 Å². The monoisotopic (exact) mass is 332 g/mol. The number of hydrogen-bond acceptors (Lipinski definition) is 7. The van der Waals surface area contributed by atoms with Crippen molar-refractivity contribution in [3.8, 4) is 0 Å². The Balaban J connectivity index is 1.72. The van der Waals surface area contributed by atoms with Crippen LogP contribution in [0.25, 0.3) is 0 Å². The molecule has 1 aliphatic rings. The molecule has 24 heavy (non-hydrogen) atoms. The minimum absolute atomic E-state index is 0.152. The van der Waals surface area contributed by atoms with Crippen molar-refractivity contribution in [2.24, 2.45) is 0 Å². The Morgan fingerprint density at radius 2 is 1.83 bits per heavy atom. The van der Waals surface area contributed by atoms with Crippen LogP contribution >= 0.6 is 0 Å². The molecule has 7 nitrogen and oxygen atoms in total. The molecular weight excluding hydrogens is 311 g/mol. The quantitative estimate of drug-likeness (QED) is 0.884. The Morgan fingerprint density at radius 3 is 2.50 bits per heavy atom. The van der Waals surface area contributed by atoms with Crippen molar-refractivity contribution < 1.29 is 9.13 Å². The molecular formula is C16H21FN6O. The second kappa shape index (κ2) is 7.06. The van der Waals surface area contributed by atoms with Gasteiger partial charge in [-0.1, -0.05) is 0 Å². The third kappa shape index (κ3) is 4.36. The van der Waals surface area contributed by atoms with Crippen molar-refractivity contribution in [2.75, 3.05) is 24.1 Å². The maximum Gasteiger partial charge on any atom is 0.232 e. The van der Waals surface area contributed by atoms with E-state index in [1.165, 1.54) is 12.1 Å². The molecule has 2 heterocycles. The number of hydrogen-bond donors (Lipinski definition) is 2. The molecule has 0 bridgehead atoms. The molecule has 0 spiro atoms. The van der Waals surface area contributed by atoms with Gasteiger partial charge in [0.2, 0.25) is 11.9 Å². The minimum atomic E-state index is -0.299. The van der Waals surface area contributed by atoms with Crippen LogP contribution in [0, 0.1) is 5.82 Å². The summed E-state index contributed by atoms with van der Waals surface area (Å²) in [6.07, 6.45) is 0.342. The van der Waals surface area contributed by atoms with Gasteiger partial charge in [0.05, 0.1) is 18.8 Å². The summed E-state index contributed by atoms with van der Waals surface area (Å²) in [7, 11) is 0. The first kappa shape index (κ1) is 16.5. The lowest BCUT2D eigenvalue weighted by atomic mass is 10.2. The number of nitrogens with two attached hydrogens (primary N) is 1. The molecule has 3 rings (SSSR count). The van der Waals surface area contributed by atoms with Gasteiger partial charge >= 0.3 is 0 Å². The van der Waals surface area contributed by atoms with Gasteiger partial charge in [0.25, 0.3) is 0 Å². The van der Waals surface area contributed by atoms with Crippen molar-refractivity contribution in [2.45, 2.75) is 32.6 Å². The van der Waals surface area contributed by atoms with Crippen molar-refractivity contribution >= 4 is 17.6 Å². The van der Waals surface area contributed by atoms with Gasteiger partial charge in [0, 0.05) is 18.8 Å². The van der Waals surface area contributed by atoms with Crippen LogP contribution in [0.1, 0.15) is 19.7 Å². The van der Waals surface area contributed by atoms with Gasteiger partial charge in [-0.25, -0.2) is 4.39 Å². The molecule has 0 unspecified atom stereocenters. The lowest BCUT2D eigenvalue weighted by Gasteiger charge is -2.34. The van der Waals surface area contributed by atoms with Crippen LogP contribution in [0.15, 0.2) is 24.3 Å². The summed E-state index contributed by atoms with van der Waals surface area (Å²) in [5.41, 5.74) is 6.47. The smallest absolute Gasteiger partial charge is 0.232 e. The Kier molecular flexibility index (Phi) is 4.86. The molecule has 0 amide bonds. The molecule has 2 aromatic rings. The average Bonchev–Trinajstić information content (AvgIpc) is 2.48. The average molecular weight is 332 g/mol. The highest BCUT2D eigenvalue weighted by molar-refractivity contribution is 5.53. The van der Waals surface area contributed by atoms with Crippen molar-refractivity contribution in [3.05, 3.63) is 35.9 Å². The zero-order valence-corrected chi connectivity index (χ0v) is 13.7. The van der Waals surface area contributed by atoms with Gasteiger partial charge < -0.3 is 15.8 Å². The van der Waals surface area contributed by atoms with E-state index in [9.17, 15) is 4.39 Å². The Hall–Kier alpha value is -2.32. The standard InChI is InChI=1S/C16H21FN6O/c1-10-7-23(8-11(2)24-10)9-14-20-15(18)22-16(21-14)19-13-5-3-12(17)4-6-13/h3-6,10-11H,7-9H2,1-2H3,(H3,18,19,20,21,22)/t10-,11-/m0/s1. The van der Waals surface area contributed by atoms with Crippen molar-refractivity contribution in [1.82, 2.24) is 19.9 Å². The first-order valence-electron chi connectivity index (χ1n) is 7.89. The number of morpholine rings is 1. The molecule has 0 aliphatic carbocycles. The fourth-order valence-corrected chi connectivity index (χ4v) is 2.84. The van der Waals surface area contributed by atoms with Crippen LogP contribution in [0.2, 0.25) is 0 Å². The fraction of sp³-hybridized carbons (Fsp3) is 0.438. The number of benzene rings is 1. The third-order valence-corrected chi connectivity index (χ3v) is 3.66. The highest BCUT2D eigenvalue weighted by atomic mass is 19.1. The summed E-state index contributed by atoms with van der Waals surface area (Å²) in [5, 5.41) is 3.02. The number of nitrogens with zero attached hydrogens (tertiary/aromatic N) is 4. The van der Waals surface area contributed by atoms with E-state index in [0.717, 1.165) is 13.1 Å². The lowest BCUT2D eigenvalue weighted by Crippen LogP contribution is -2.45. The van der Waals surface area contributed by atoms with Crippen molar-refractivity contribution in [1.29, 1.82) is 0 Å². The Labute approximate surface area is 140 Å². The molecule has 1 aromatic heterocycles. The highest BCUT2D eigenvalue weighted by Crippen LogP contribution is 2.16. The third-order valence-electron chi connectivity index (χ3n) is 3.66. The second-order valence-electron chi connectivity index (χ2n) is 6.02. The van der Waals surface area contributed by atoms with Gasteiger partial charge in [0.1, 0.15) is 11.6 Å². The lowest BCUT2D eigenvalue weighted by molar-refractivity contribution is -0.0710. The molecule has 0 radical (unpaired) electrons. The first-order valence-corrected chi connectivity index (χ1v) is 7.89. The van der Waals surface area contributed by atoms with Crippen LogP contribution in [0.5, 0.6) is 0 Å². The number of nitrogens with one attached hydrogen (secondary N) is 1. The van der Waals surface area contributed by atoms with Crippen LogP contribution in [0.3, 0.4) is 0 Å². The molecule has 1 fully saturated rings. The summed E-state index contributed by atoms with van der Waals surface area (Å²) >= 11 is 0. The number of halogens is 1. The molecule has 1 aromatic carbocycles. The first-order chi connectivity index (χ1) is 11.5. The van der Waals surface area contributed by atoms with Crippen LogP contribution in [0.4, 0.5) is 22.0 Å². The van der Waals surface area contributed by atoms with Crippen LogP contribution < -0.4 is 11.1 Å². The zero-order chi connectivity index (χ0) is 17.1. The summed E-state index contributed by atoms with van der Waals surface area (Å²) in [5.74, 6) is 0.790. The van der Waals surface area contributed by atoms with Gasteiger partial charge in [-0.15, -0.1) is 0 Å². The van der Waals surface area contributed by atoms with E-state index in [1.54, 1.807) is 12.1 Å².